The number of ether oxygens (including phenoxy) is 1. The van der Waals surface area contributed by atoms with Crippen LogP contribution in [0.15, 0.2) is 34.9 Å². The normalized spacial score (nSPS) is 11.6. The molecule has 1 aromatic heterocycles. The maximum Gasteiger partial charge on any atom is 0.399 e. The third-order valence-corrected chi connectivity index (χ3v) is 2.65. The summed E-state index contributed by atoms with van der Waals surface area (Å²) in [5.74, 6) is 0.716. The largest absolute Gasteiger partial charge is 0.417 e. The number of nitrogens with two attached hydrogens (primary N) is 1. The Kier molecular flexibility index (Phi) is 3.39. The Hall–Kier alpha value is -1.81. The summed E-state index contributed by atoms with van der Waals surface area (Å²) in [7, 11) is 0. The van der Waals surface area contributed by atoms with E-state index in [0.717, 1.165) is 0 Å². The Balaban J connectivity index is 2.19. The van der Waals surface area contributed by atoms with Gasteiger partial charge in [0.15, 0.2) is 0 Å². The quantitative estimate of drug-likeness (QED) is 0.903. The zero-order chi connectivity index (χ0) is 13.2. The third-order valence-electron chi connectivity index (χ3n) is 2.65. The molecule has 0 aliphatic rings. The van der Waals surface area contributed by atoms with Crippen molar-refractivity contribution in [2.75, 3.05) is 0 Å². The minimum absolute atomic E-state index is 0.0817. The number of hydrogen-bond donors (Lipinski definition) is 1. The highest BCUT2D eigenvalue weighted by molar-refractivity contribution is 5.33. The van der Waals surface area contributed by atoms with Crippen molar-refractivity contribution in [3.8, 4) is 11.8 Å². The number of hydrogen-bond acceptors (Lipinski definition) is 4. The van der Waals surface area contributed by atoms with E-state index in [9.17, 15) is 0 Å². The van der Waals surface area contributed by atoms with Gasteiger partial charge in [0, 0.05) is 6.54 Å². The fourth-order valence-electron chi connectivity index (χ4n) is 1.56. The molecule has 0 aliphatic heterocycles. The molecule has 4 heteroatoms. The van der Waals surface area contributed by atoms with Crippen LogP contribution in [0.5, 0.6) is 11.8 Å². The molecule has 0 bridgehead atoms. The van der Waals surface area contributed by atoms with Gasteiger partial charge in [-0.15, -0.1) is 0 Å². The summed E-state index contributed by atoms with van der Waals surface area (Å²) in [6, 6.07) is 7.91. The molecule has 0 spiro atoms. The lowest BCUT2D eigenvalue weighted by molar-refractivity contribution is 0.330. The van der Waals surface area contributed by atoms with E-state index in [1.807, 2.05) is 18.2 Å². The zero-order valence-electron chi connectivity index (χ0n) is 10.9. The molecule has 0 fully saturated rings. The first kappa shape index (κ1) is 12.6. The Labute approximate surface area is 107 Å². The molecule has 0 saturated carbocycles. The first-order valence-corrected chi connectivity index (χ1v) is 5.92. The molecule has 0 unspecified atom stereocenters. The highest BCUT2D eigenvalue weighted by Crippen LogP contribution is 2.28. The van der Waals surface area contributed by atoms with Crippen molar-refractivity contribution in [2.24, 2.45) is 5.73 Å². The Bertz CT molecular complexity index is 527. The Morgan fingerprint density at radius 3 is 2.72 bits per heavy atom. The minimum atomic E-state index is 0.0817. The summed E-state index contributed by atoms with van der Waals surface area (Å²) >= 11 is 0. The van der Waals surface area contributed by atoms with Crippen LogP contribution in [0.2, 0.25) is 0 Å². The molecule has 0 radical (unpaired) electrons. The number of benzene rings is 1. The van der Waals surface area contributed by atoms with E-state index in [1.165, 1.54) is 11.8 Å². The van der Waals surface area contributed by atoms with Crippen LogP contribution < -0.4 is 10.5 Å². The molecule has 2 rings (SSSR count). The Morgan fingerprint density at radius 2 is 2.11 bits per heavy atom. The van der Waals surface area contributed by atoms with Gasteiger partial charge < -0.3 is 14.9 Å². The molecule has 0 atom stereocenters. The van der Waals surface area contributed by atoms with Gasteiger partial charge in [0.25, 0.3) is 0 Å². The molecule has 1 heterocycles. The molecule has 2 N–H and O–H groups in total. The van der Waals surface area contributed by atoms with E-state index in [0.29, 0.717) is 18.0 Å². The molecular formula is C14H18N2O2. The molecular weight excluding hydrogens is 228 g/mol. The molecule has 18 heavy (non-hydrogen) atoms. The summed E-state index contributed by atoms with van der Waals surface area (Å²) in [5.41, 5.74) is 7.42. The third kappa shape index (κ3) is 2.90. The molecule has 0 amide bonds. The van der Waals surface area contributed by atoms with Crippen LogP contribution in [-0.2, 0) is 12.0 Å². The molecule has 0 saturated heterocycles. The molecule has 4 nitrogen and oxygen atoms in total. The zero-order valence-corrected chi connectivity index (χ0v) is 10.9. The number of aromatic nitrogens is 1. The van der Waals surface area contributed by atoms with Crippen LogP contribution in [0.3, 0.4) is 0 Å². The second kappa shape index (κ2) is 4.82. The van der Waals surface area contributed by atoms with Gasteiger partial charge in [0.1, 0.15) is 12.0 Å². The molecule has 1 aromatic carbocycles. The number of rotatable bonds is 3. The first-order chi connectivity index (χ1) is 8.49. The first-order valence-electron chi connectivity index (χ1n) is 5.92. The maximum absolute atomic E-state index is 5.56. The van der Waals surface area contributed by atoms with Crippen molar-refractivity contribution in [1.82, 2.24) is 4.98 Å². The topological polar surface area (TPSA) is 61.3 Å². The van der Waals surface area contributed by atoms with Gasteiger partial charge in [-0.3, -0.25) is 0 Å². The standard InChI is InChI=1S/C14H18N2O2/c1-14(2,3)10-5-4-6-12(7-10)18-13-16-11(8-15)9-17-13/h4-7,9H,8,15H2,1-3H3. The van der Waals surface area contributed by atoms with Crippen molar-refractivity contribution in [3.05, 3.63) is 41.8 Å². The second-order valence-electron chi connectivity index (χ2n) is 5.19. The Morgan fingerprint density at radius 1 is 1.33 bits per heavy atom. The lowest BCUT2D eigenvalue weighted by Crippen LogP contribution is -2.10. The monoisotopic (exact) mass is 246 g/mol. The van der Waals surface area contributed by atoms with Gasteiger partial charge in [-0.1, -0.05) is 32.9 Å². The van der Waals surface area contributed by atoms with Crippen molar-refractivity contribution < 1.29 is 9.15 Å². The van der Waals surface area contributed by atoms with E-state index < -0.39 is 0 Å². The second-order valence-corrected chi connectivity index (χ2v) is 5.19. The fourth-order valence-corrected chi connectivity index (χ4v) is 1.56. The van der Waals surface area contributed by atoms with Crippen LogP contribution in [0.1, 0.15) is 32.0 Å². The highest BCUT2D eigenvalue weighted by atomic mass is 16.6. The lowest BCUT2D eigenvalue weighted by atomic mass is 9.87. The van der Waals surface area contributed by atoms with E-state index in [1.54, 1.807) is 0 Å². The molecule has 96 valence electrons. The SMILES string of the molecule is CC(C)(C)c1cccc(Oc2nc(CN)co2)c1. The van der Waals surface area contributed by atoms with Crippen molar-refractivity contribution in [2.45, 2.75) is 32.7 Å². The molecule has 2 aromatic rings. The molecule has 0 aliphatic carbocycles. The minimum Gasteiger partial charge on any atom is -0.417 e. The smallest absolute Gasteiger partial charge is 0.399 e. The van der Waals surface area contributed by atoms with Gasteiger partial charge in [-0.2, -0.15) is 4.98 Å². The van der Waals surface area contributed by atoms with Gasteiger partial charge >= 0.3 is 6.08 Å². The summed E-state index contributed by atoms with van der Waals surface area (Å²) < 4.78 is 10.7. The van der Waals surface area contributed by atoms with Crippen LogP contribution in [0.4, 0.5) is 0 Å². The van der Waals surface area contributed by atoms with Crippen LogP contribution in [0.25, 0.3) is 0 Å². The van der Waals surface area contributed by atoms with Gasteiger partial charge in [-0.05, 0) is 23.1 Å². The van der Waals surface area contributed by atoms with Crippen molar-refractivity contribution >= 4 is 0 Å². The summed E-state index contributed by atoms with van der Waals surface area (Å²) in [6.45, 7) is 6.81. The maximum atomic E-state index is 5.56. The van der Waals surface area contributed by atoms with Crippen molar-refractivity contribution in [3.63, 3.8) is 0 Å². The van der Waals surface area contributed by atoms with Crippen LogP contribution in [0, 0.1) is 0 Å². The average Bonchev–Trinajstić information content (AvgIpc) is 2.76. The van der Waals surface area contributed by atoms with E-state index in [-0.39, 0.29) is 11.5 Å². The average molecular weight is 246 g/mol. The highest BCUT2D eigenvalue weighted by Gasteiger charge is 2.14. The summed E-state index contributed by atoms with van der Waals surface area (Å²) in [4.78, 5) is 4.10. The van der Waals surface area contributed by atoms with Gasteiger partial charge in [0.2, 0.25) is 0 Å². The van der Waals surface area contributed by atoms with E-state index in [4.69, 9.17) is 14.9 Å². The van der Waals surface area contributed by atoms with Crippen LogP contribution in [-0.4, -0.2) is 4.98 Å². The lowest BCUT2D eigenvalue weighted by Gasteiger charge is -2.19. The predicted molar refractivity (Wildman–Crippen MR) is 69.6 cm³/mol. The van der Waals surface area contributed by atoms with E-state index >= 15 is 0 Å². The predicted octanol–water partition coefficient (Wildman–Crippen LogP) is 3.22. The van der Waals surface area contributed by atoms with Crippen molar-refractivity contribution in [1.29, 1.82) is 0 Å². The number of nitrogens with zero attached hydrogens (tertiary/aromatic N) is 1. The van der Waals surface area contributed by atoms with E-state index in [2.05, 4.69) is 31.8 Å². The summed E-state index contributed by atoms with van der Waals surface area (Å²) in [5, 5.41) is 0. The van der Waals surface area contributed by atoms with Gasteiger partial charge in [0.05, 0.1) is 5.69 Å². The van der Waals surface area contributed by atoms with Gasteiger partial charge in [-0.25, -0.2) is 0 Å². The number of oxazole rings is 1. The summed E-state index contributed by atoms with van der Waals surface area (Å²) in [6.07, 6.45) is 1.73. The fraction of sp³-hybridized carbons (Fsp3) is 0.357. The van der Waals surface area contributed by atoms with Crippen LogP contribution >= 0.6 is 0 Å².